The predicted molar refractivity (Wildman–Crippen MR) is 76.2 cm³/mol. The van der Waals surface area contributed by atoms with Crippen LogP contribution >= 0.6 is 38.9 Å². The Labute approximate surface area is 117 Å². The minimum Gasteiger partial charge on any atom is -0.321 e. The molecule has 5 heteroatoms. The van der Waals surface area contributed by atoms with Gasteiger partial charge >= 0.3 is 0 Å². The lowest BCUT2D eigenvalue weighted by Crippen LogP contribution is -2.10. The average molecular weight is 331 g/mol. The van der Waals surface area contributed by atoms with Crippen LogP contribution in [0.15, 0.2) is 34.1 Å². The summed E-state index contributed by atoms with van der Waals surface area (Å²) in [5, 5.41) is 3.46. The largest absolute Gasteiger partial charge is 0.321 e. The molecule has 2 nitrogen and oxygen atoms in total. The highest BCUT2D eigenvalue weighted by atomic mass is 79.9. The zero-order valence-corrected chi connectivity index (χ0v) is 12.1. The molecule has 0 fully saturated rings. The Morgan fingerprint density at radius 3 is 2.76 bits per heavy atom. The molecule has 0 saturated carbocycles. The molecule has 0 aliphatic rings. The van der Waals surface area contributed by atoms with Crippen molar-refractivity contribution >= 4 is 50.5 Å². The first-order chi connectivity index (χ1) is 8.06. The molecule has 0 aliphatic carbocycles. The van der Waals surface area contributed by atoms with E-state index in [0.717, 1.165) is 15.0 Å². The molecular weight excluding hydrogens is 322 g/mol. The second-order valence-electron chi connectivity index (χ2n) is 3.52. The molecule has 1 amide bonds. The number of hydrogen-bond acceptors (Lipinski definition) is 2. The fraction of sp³-hybridized carbons (Fsp3) is 0.0833. The highest BCUT2D eigenvalue weighted by molar-refractivity contribution is 9.11. The van der Waals surface area contributed by atoms with E-state index in [1.807, 2.05) is 19.1 Å². The Morgan fingerprint density at radius 2 is 2.12 bits per heavy atom. The summed E-state index contributed by atoms with van der Waals surface area (Å²) in [5.74, 6) is -0.119. The van der Waals surface area contributed by atoms with Gasteiger partial charge in [0.25, 0.3) is 5.91 Å². The van der Waals surface area contributed by atoms with Gasteiger partial charge in [-0.2, -0.15) is 0 Å². The summed E-state index contributed by atoms with van der Waals surface area (Å²) in [4.78, 5) is 12.6. The summed E-state index contributed by atoms with van der Waals surface area (Å²) in [6.07, 6.45) is 0. The fourth-order valence-corrected chi connectivity index (χ4v) is 2.80. The van der Waals surface area contributed by atoms with Crippen LogP contribution in [0.5, 0.6) is 0 Å². The molecule has 1 heterocycles. The van der Waals surface area contributed by atoms with Gasteiger partial charge in [-0.3, -0.25) is 4.79 Å². The van der Waals surface area contributed by atoms with Crippen molar-refractivity contribution in [3.63, 3.8) is 0 Å². The van der Waals surface area contributed by atoms with E-state index < -0.39 is 0 Å². The van der Waals surface area contributed by atoms with Crippen LogP contribution < -0.4 is 5.32 Å². The second-order valence-corrected chi connectivity index (χ2v) is 6.42. The molecule has 0 aliphatic heterocycles. The number of halogens is 2. The first-order valence-electron chi connectivity index (χ1n) is 4.89. The maximum absolute atomic E-state index is 11.9. The van der Waals surface area contributed by atoms with Gasteiger partial charge in [0.1, 0.15) is 0 Å². The molecule has 0 atom stereocenters. The van der Waals surface area contributed by atoms with Crippen LogP contribution in [-0.2, 0) is 0 Å². The predicted octanol–water partition coefficient (Wildman–Crippen LogP) is 4.72. The molecule has 88 valence electrons. The van der Waals surface area contributed by atoms with Crippen LogP contribution in [-0.4, -0.2) is 5.91 Å². The van der Waals surface area contributed by atoms with Crippen molar-refractivity contribution in [1.82, 2.24) is 0 Å². The number of rotatable bonds is 2. The summed E-state index contributed by atoms with van der Waals surface area (Å²) >= 11 is 10.6. The Morgan fingerprint density at radius 1 is 1.35 bits per heavy atom. The van der Waals surface area contributed by atoms with E-state index in [1.54, 1.807) is 18.2 Å². The Hall–Kier alpha value is -0.840. The molecule has 0 bridgehead atoms. The summed E-state index contributed by atoms with van der Waals surface area (Å²) in [7, 11) is 0. The van der Waals surface area contributed by atoms with Crippen molar-refractivity contribution in [2.24, 2.45) is 0 Å². The number of anilines is 1. The fourth-order valence-electron chi connectivity index (χ4n) is 1.35. The number of hydrogen-bond donors (Lipinski definition) is 1. The van der Waals surface area contributed by atoms with Gasteiger partial charge in [-0.1, -0.05) is 17.7 Å². The van der Waals surface area contributed by atoms with Crippen LogP contribution in [0.1, 0.15) is 15.2 Å². The zero-order chi connectivity index (χ0) is 12.4. The lowest BCUT2D eigenvalue weighted by atomic mass is 10.2. The molecule has 17 heavy (non-hydrogen) atoms. The molecule has 2 aromatic rings. The van der Waals surface area contributed by atoms with E-state index in [-0.39, 0.29) is 5.91 Å². The zero-order valence-electron chi connectivity index (χ0n) is 8.96. The van der Waals surface area contributed by atoms with Crippen LogP contribution in [0.3, 0.4) is 0 Å². The SMILES string of the molecule is Cc1ccc(Cl)cc1NC(=O)c1ccc(Br)s1. The maximum atomic E-state index is 11.9. The average Bonchev–Trinajstić information content (AvgIpc) is 2.70. The summed E-state index contributed by atoms with van der Waals surface area (Å²) < 4.78 is 0.936. The third-order valence-electron chi connectivity index (χ3n) is 2.24. The summed E-state index contributed by atoms with van der Waals surface area (Å²) in [6, 6.07) is 9.06. The second kappa shape index (κ2) is 5.21. The molecule has 0 radical (unpaired) electrons. The van der Waals surface area contributed by atoms with Gasteiger partial charge in [0.05, 0.1) is 8.66 Å². The molecule has 0 saturated heterocycles. The summed E-state index contributed by atoms with van der Waals surface area (Å²) in [6.45, 7) is 1.93. The van der Waals surface area contributed by atoms with Crippen LogP contribution in [0.25, 0.3) is 0 Å². The van der Waals surface area contributed by atoms with E-state index in [2.05, 4.69) is 21.2 Å². The lowest BCUT2D eigenvalue weighted by Gasteiger charge is -2.07. The van der Waals surface area contributed by atoms with Gasteiger partial charge in [0.15, 0.2) is 0 Å². The minimum atomic E-state index is -0.119. The topological polar surface area (TPSA) is 29.1 Å². The number of carbonyl (C=O) groups excluding carboxylic acids is 1. The van der Waals surface area contributed by atoms with Crippen molar-refractivity contribution in [1.29, 1.82) is 0 Å². The number of carbonyl (C=O) groups is 1. The molecule has 1 aromatic carbocycles. The molecule has 0 unspecified atom stereocenters. The van der Waals surface area contributed by atoms with Crippen molar-refractivity contribution < 1.29 is 4.79 Å². The van der Waals surface area contributed by atoms with E-state index in [1.165, 1.54) is 11.3 Å². The van der Waals surface area contributed by atoms with Crippen LogP contribution in [0.4, 0.5) is 5.69 Å². The third kappa shape index (κ3) is 3.09. The molecule has 2 rings (SSSR count). The van der Waals surface area contributed by atoms with Crippen molar-refractivity contribution in [3.8, 4) is 0 Å². The number of amides is 1. The van der Waals surface area contributed by atoms with Gasteiger partial charge in [-0.05, 0) is 52.7 Å². The van der Waals surface area contributed by atoms with Gasteiger partial charge in [-0.25, -0.2) is 0 Å². The smallest absolute Gasteiger partial charge is 0.265 e. The quantitative estimate of drug-likeness (QED) is 0.847. The van der Waals surface area contributed by atoms with E-state index in [0.29, 0.717) is 9.90 Å². The van der Waals surface area contributed by atoms with Gasteiger partial charge in [-0.15, -0.1) is 11.3 Å². The first kappa shape index (κ1) is 12.6. The Kier molecular flexibility index (Phi) is 3.86. The molecule has 0 spiro atoms. The standard InChI is InChI=1S/C12H9BrClNOS/c1-7-2-3-8(14)6-9(7)15-12(16)10-4-5-11(13)17-10/h2-6H,1H3,(H,15,16). The van der Waals surface area contributed by atoms with Gasteiger partial charge in [0, 0.05) is 10.7 Å². The van der Waals surface area contributed by atoms with E-state index in [4.69, 9.17) is 11.6 Å². The Bertz CT molecular complexity index is 567. The monoisotopic (exact) mass is 329 g/mol. The first-order valence-corrected chi connectivity index (χ1v) is 6.88. The van der Waals surface area contributed by atoms with E-state index in [9.17, 15) is 4.79 Å². The van der Waals surface area contributed by atoms with Gasteiger partial charge < -0.3 is 5.32 Å². The maximum Gasteiger partial charge on any atom is 0.265 e. The highest BCUT2D eigenvalue weighted by Crippen LogP contribution is 2.25. The summed E-state index contributed by atoms with van der Waals surface area (Å²) in [5.41, 5.74) is 1.73. The number of nitrogens with one attached hydrogen (secondary N) is 1. The molecule has 1 aromatic heterocycles. The van der Waals surface area contributed by atoms with Crippen molar-refractivity contribution in [2.45, 2.75) is 6.92 Å². The van der Waals surface area contributed by atoms with Crippen molar-refractivity contribution in [3.05, 3.63) is 49.6 Å². The number of thiophene rings is 1. The number of benzene rings is 1. The lowest BCUT2D eigenvalue weighted by molar-refractivity contribution is 0.103. The molecule has 1 N–H and O–H groups in total. The third-order valence-corrected chi connectivity index (χ3v) is 4.10. The normalized spacial score (nSPS) is 10.3. The van der Waals surface area contributed by atoms with Gasteiger partial charge in [0.2, 0.25) is 0 Å². The minimum absolute atomic E-state index is 0.119. The highest BCUT2D eigenvalue weighted by Gasteiger charge is 2.10. The number of aryl methyl sites for hydroxylation is 1. The van der Waals surface area contributed by atoms with E-state index >= 15 is 0 Å². The van der Waals surface area contributed by atoms with Crippen LogP contribution in [0.2, 0.25) is 5.02 Å². The Balaban J connectivity index is 2.21. The van der Waals surface area contributed by atoms with Crippen molar-refractivity contribution in [2.75, 3.05) is 5.32 Å². The van der Waals surface area contributed by atoms with Crippen LogP contribution in [0, 0.1) is 6.92 Å². The molecular formula is C12H9BrClNOS.